The summed E-state index contributed by atoms with van der Waals surface area (Å²) in [6, 6.07) is 14.1. The first kappa shape index (κ1) is 11.8. The van der Waals surface area contributed by atoms with Crippen LogP contribution in [0.3, 0.4) is 0 Å². The third-order valence-corrected chi connectivity index (χ3v) is 2.92. The van der Waals surface area contributed by atoms with E-state index in [1.165, 1.54) is 0 Å². The summed E-state index contributed by atoms with van der Waals surface area (Å²) >= 11 is 0. The summed E-state index contributed by atoms with van der Waals surface area (Å²) in [6.07, 6.45) is 4.10. The topological polar surface area (TPSA) is 26.5 Å². The Kier molecular flexibility index (Phi) is 2.95. The van der Waals surface area contributed by atoms with Gasteiger partial charge < -0.3 is 4.74 Å². The number of ether oxygens (including phenoxy) is 1. The molecule has 0 unspecified atom stereocenters. The van der Waals surface area contributed by atoms with Crippen LogP contribution >= 0.6 is 0 Å². The highest BCUT2D eigenvalue weighted by atomic mass is 16.5. The van der Waals surface area contributed by atoms with Gasteiger partial charge in [-0.05, 0) is 50.2 Å². The number of fused-ring (bicyclic) bond motifs is 1. The second kappa shape index (κ2) is 4.76. The quantitative estimate of drug-likeness (QED) is 0.709. The van der Waals surface area contributed by atoms with Gasteiger partial charge in [0.25, 0.3) is 0 Å². The molecule has 96 valence electrons. The monoisotopic (exact) mass is 252 g/mol. The predicted octanol–water partition coefficient (Wildman–Crippen LogP) is 3.79. The molecule has 0 atom stereocenters. The fraction of sp³-hybridized carbons (Fsp3) is 0.188. The van der Waals surface area contributed by atoms with E-state index < -0.39 is 0 Å². The Morgan fingerprint density at radius 3 is 2.58 bits per heavy atom. The summed E-state index contributed by atoms with van der Waals surface area (Å²) < 4.78 is 7.73. The van der Waals surface area contributed by atoms with Crippen LogP contribution in [-0.2, 0) is 0 Å². The van der Waals surface area contributed by atoms with Crippen LogP contribution < -0.4 is 4.74 Å². The number of hydrogen-bond donors (Lipinski definition) is 0. The molecule has 0 aliphatic rings. The van der Waals surface area contributed by atoms with Gasteiger partial charge in [-0.3, -0.25) is 4.40 Å². The van der Waals surface area contributed by atoms with Crippen LogP contribution in [0.4, 0.5) is 0 Å². The Bertz CT molecular complexity index is 683. The van der Waals surface area contributed by atoms with E-state index in [9.17, 15) is 0 Å². The maximum Gasteiger partial charge on any atom is 0.144 e. The molecule has 3 nitrogen and oxygen atoms in total. The number of aromatic nitrogens is 2. The minimum Gasteiger partial charge on any atom is -0.491 e. The largest absolute Gasteiger partial charge is 0.491 e. The zero-order valence-corrected chi connectivity index (χ0v) is 11.1. The average Bonchev–Trinajstić information content (AvgIpc) is 2.83. The summed E-state index contributed by atoms with van der Waals surface area (Å²) in [6.45, 7) is 4.05. The normalized spacial score (nSPS) is 11.1. The van der Waals surface area contributed by atoms with Gasteiger partial charge in [0.2, 0.25) is 0 Å². The lowest BCUT2D eigenvalue weighted by molar-refractivity contribution is 0.242. The van der Waals surface area contributed by atoms with Gasteiger partial charge in [-0.1, -0.05) is 6.07 Å². The number of nitrogens with zero attached hydrogens (tertiary/aromatic N) is 2. The zero-order chi connectivity index (χ0) is 13.2. The van der Waals surface area contributed by atoms with Crippen LogP contribution in [0, 0.1) is 0 Å². The van der Waals surface area contributed by atoms with Crippen molar-refractivity contribution in [3.8, 4) is 17.1 Å². The Labute approximate surface area is 112 Å². The Hall–Kier alpha value is -2.29. The van der Waals surface area contributed by atoms with Crippen molar-refractivity contribution >= 4 is 5.52 Å². The number of benzene rings is 1. The molecular weight excluding hydrogens is 236 g/mol. The lowest BCUT2D eigenvalue weighted by Gasteiger charge is -2.09. The highest BCUT2D eigenvalue weighted by molar-refractivity contribution is 5.62. The summed E-state index contributed by atoms with van der Waals surface area (Å²) in [5, 5.41) is 0. The molecule has 3 aromatic rings. The maximum atomic E-state index is 5.65. The molecule has 1 aromatic carbocycles. The van der Waals surface area contributed by atoms with E-state index in [1.54, 1.807) is 0 Å². The van der Waals surface area contributed by atoms with Crippen molar-refractivity contribution in [2.24, 2.45) is 0 Å². The van der Waals surface area contributed by atoms with Gasteiger partial charge >= 0.3 is 0 Å². The number of hydrogen-bond acceptors (Lipinski definition) is 2. The van der Waals surface area contributed by atoms with Crippen molar-refractivity contribution < 1.29 is 4.74 Å². The molecule has 3 rings (SSSR count). The van der Waals surface area contributed by atoms with Gasteiger partial charge in [0.15, 0.2) is 0 Å². The molecule has 0 fully saturated rings. The lowest BCUT2D eigenvalue weighted by atomic mass is 10.2. The molecule has 2 heterocycles. The summed E-state index contributed by atoms with van der Waals surface area (Å²) in [5.74, 6) is 1.84. The summed E-state index contributed by atoms with van der Waals surface area (Å²) in [7, 11) is 0. The first-order valence-electron chi connectivity index (χ1n) is 6.43. The van der Waals surface area contributed by atoms with Crippen LogP contribution in [0.1, 0.15) is 13.8 Å². The predicted molar refractivity (Wildman–Crippen MR) is 76.4 cm³/mol. The Balaban J connectivity index is 1.98. The van der Waals surface area contributed by atoms with Gasteiger partial charge in [-0.25, -0.2) is 4.98 Å². The maximum absolute atomic E-state index is 5.65. The molecule has 0 bridgehead atoms. The van der Waals surface area contributed by atoms with Gasteiger partial charge in [0.1, 0.15) is 11.6 Å². The van der Waals surface area contributed by atoms with Crippen LogP contribution in [0.2, 0.25) is 0 Å². The van der Waals surface area contributed by atoms with E-state index in [0.717, 1.165) is 22.7 Å². The number of imidazole rings is 1. The minimum atomic E-state index is 0.193. The van der Waals surface area contributed by atoms with Crippen LogP contribution in [0.25, 0.3) is 16.9 Å². The molecule has 0 spiro atoms. The van der Waals surface area contributed by atoms with E-state index in [0.29, 0.717) is 0 Å². The van der Waals surface area contributed by atoms with Crippen LogP contribution in [0.5, 0.6) is 5.75 Å². The molecule has 0 N–H and O–H groups in total. The van der Waals surface area contributed by atoms with Gasteiger partial charge in [0, 0.05) is 11.8 Å². The summed E-state index contributed by atoms with van der Waals surface area (Å²) in [5.41, 5.74) is 2.18. The molecule has 2 aromatic heterocycles. The van der Waals surface area contributed by atoms with E-state index in [-0.39, 0.29) is 6.10 Å². The molecular formula is C16H16N2O. The molecule has 19 heavy (non-hydrogen) atoms. The highest BCUT2D eigenvalue weighted by Crippen LogP contribution is 2.22. The average molecular weight is 252 g/mol. The van der Waals surface area contributed by atoms with Crippen molar-refractivity contribution in [2.45, 2.75) is 20.0 Å². The second-order valence-electron chi connectivity index (χ2n) is 4.77. The number of rotatable bonds is 3. The van der Waals surface area contributed by atoms with Gasteiger partial charge in [-0.2, -0.15) is 0 Å². The first-order chi connectivity index (χ1) is 9.24. The van der Waals surface area contributed by atoms with Crippen LogP contribution in [-0.4, -0.2) is 15.5 Å². The third kappa shape index (κ3) is 2.32. The SMILES string of the molecule is CC(C)Oc1ccc(-c2ncc3ccccn23)cc1. The fourth-order valence-corrected chi connectivity index (χ4v) is 2.11. The van der Waals surface area contributed by atoms with Crippen LogP contribution in [0.15, 0.2) is 54.9 Å². The van der Waals surface area contributed by atoms with Crippen molar-refractivity contribution in [2.75, 3.05) is 0 Å². The van der Waals surface area contributed by atoms with E-state index in [2.05, 4.69) is 9.38 Å². The van der Waals surface area contributed by atoms with Crippen molar-refractivity contribution in [1.29, 1.82) is 0 Å². The molecule has 0 aliphatic carbocycles. The van der Waals surface area contributed by atoms with E-state index in [4.69, 9.17) is 4.74 Å². The smallest absolute Gasteiger partial charge is 0.144 e. The number of pyridine rings is 1. The third-order valence-electron chi connectivity index (χ3n) is 2.92. The Morgan fingerprint density at radius 1 is 1.05 bits per heavy atom. The lowest BCUT2D eigenvalue weighted by Crippen LogP contribution is -2.05. The van der Waals surface area contributed by atoms with Crippen molar-refractivity contribution in [3.05, 3.63) is 54.9 Å². The Morgan fingerprint density at radius 2 is 1.84 bits per heavy atom. The zero-order valence-electron chi connectivity index (χ0n) is 11.1. The fourth-order valence-electron chi connectivity index (χ4n) is 2.11. The molecule has 0 amide bonds. The minimum absolute atomic E-state index is 0.193. The summed E-state index contributed by atoms with van der Waals surface area (Å²) in [4.78, 5) is 4.48. The first-order valence-corrected chi connectivity index (χ1v) is 6.43. The standard InChI is InChI=1S/C16H16N2O/c1-12(2)19-15-8-6-13(7-9-15)16-17-11-14-5-3-4-10-18(14)16/h3-12H,1-2H3. The molecule has 0 radical (unpaired) electrons. The highest BCUT2D eigenvalue weighted by Gasteiger charge is 2.06. The van der Waals surface area contributed by atoms with E-state index in [1.807, 2.05) is 68.7 Å². The van der Waals surface area contributed by atoms with Gasteiger partial charge in [-0.15, -0.1) is 0 Å². The second-order valence-corrected chi connectivity index (χ2v) is 4.77. The van der Waals surface area contributed by atoms with Crippen molar-refractivity contribution in [1.82, 2.24) is 9.38 Å². The van der Waals surface area contributed by atoms with E-state index >= 15 is 0 Å². The van der Waals surface area contributed by atoms with Crippen molar-refractivity contribution in [3.63, 3.8) is 0 Å². The molecule has 0 saturated heterocycles. The van der Waals surface area contributed by atoms with Gasteiger partial charge in [0.05, 0.1) is 17.8 Å². The molecule has 3 heteroatoms. The molecule has 0 saturated carbocycles. The molecule has 0 aliphatic heterocycles.